The molecule has 55 heavy (non-hydrogen) atoms. The van der Waals surface area contributed by atoms with Crippen LogP contribution >= 0.6 is 11.8 Å². The van der Waals surface area contributed by atoms with Gasteiger partial charge in [-0.1, -0.05) is 23.9 Å². The van der Waals surface area contributed by atoms with Crippen molar-refractivity contribution in [2.24, 2.45) is 0 Å². The fourth-order valence-electron chi connectivity index (χ4n) is 6.39. The smallest absolute Gasteiger partial charge is 0.283 e. The van der Waals surface area contributed by atoms with E-state index in [-0.39, 0.29) is 44.8 Å². The van der Waals surface area contributed by atoms with E-state index in [0.29, 0.717) is 103 Å². The van der Waals surface area contributed by atoms with Gasteiger partial charge in [-0.05, 0) is 63.1 Å². The summed E-state index contributed by atoms with van der Waals surface area (Å²) in [6.07, 6.45) is 5.72. The molecule has 0 N–H and O–H groups in total. The molecule has 2 saturated heterocycles. The number of nitro groups is 2. The highest BCUT2D eigenvalue weighted by Crippen LogP contribution is 2.40. The van der Waals surface area contributed by atoms with Crippen LogP contribution in [-0.4, -0.2) is 155 Å². The number of piperazine rings is 2. The Balaban J connectivity index is 1.35. The van der Waals surface area contributed by atoms with E-state index in [1.807, 2.05) is 37.5 Å². The Bertz CT molecular complexity index is 1650. The van der Waals surface area contributed by atoms with Gasteiger partial charge in [0.25, 0.3) is 11.4 Å². The van der Waals surface area contributed by atoms with Crippen LogP contribution in [0.1, 0.15) is 38.8 Å². The minimum atomic E-state index is -0.572. The first kappa shape index (κ1) is 42.6. The number of nitro benzene ring substituents is 2. The molecule has 0 saturated carbocycles. The molecule has 296 valence electrons. The first-order chi connectivity index (χ1) is 26.4. The van der Waals surface area contributed by atoms with Crippen LogP contribution < -0.4 is 0 Å². The number of hydrogen-bond acceptors (Lipinski definition) is 11. The molecule has 2 aromatic rings. The topological polar surface area (TPSA) is 174 Å². The van der Waals surface area contributed by atoms with Gasteiger partial charge in [0, 0.05) is 103 Å². The minimum absolute atomic E-state index is 0.0594. The third-order valence-electron chi connectivity index (χ3n) is 9.73. The summed E-state index contributed by atoms with van der Waals surface area (Å²) in [6.45, 7) is 15.0. The lowest BCUT2D eigenvalue weighted by Gasteiger charge is -2.34. The summed E-state index contributed by atoms with van der Waals surface area (Å²) in [5, 5.41) is 24.1. The van der Waals surface area contributed by atoms with Crippen molar-refractivity contribution in [3.63, 3.8) is 0 Å². The van der Waals surface area contributed by atoms with Gasteiger partial charge >= 0.3 is 0 Å². The van der Waals surface area contributed by atoms with Crippen molar-refractivity contribution in [2.45, 2.75) is 37.5 Å². The summed E-state index contributed by atoms with van der Waals surface area (Å²) in [5.74, 6) is -0.374. The molecule has 2 aliphatic heterocycles. The summed E-state index contributed by atoms with van der Waals surface area (Å²) in [5.41, 5.74) is 0.295. The fourth-order valence-corrected chi connectivity index (χ4v) is 7.37. The van der Waals surface area contributed by atoms with E-state index in [1.165, 1.54) is 48.6 Å². The second-order valence-electron chi connectivity index (χ2n) is 13.1. The molecule has 0 aromatic heterocycles. The summed E-state index contributed by atoms with van der Waals surface area (Å²) in [4.78, 5) is 85.0. The highest BCUT2D eigenvalue weighted by molar-refractivity contribution is 7.99. The summed E-state index contributed by atoms with van der Waals surface area (Å²) in [7, 11) is 0. The van der Waals surface area contributed by atoms with Gasteiger partial charge in [-0.15, -0.1) is 0 Å². The Labute approximate surface area is 325 Å². The number of likely N-dealkylation sites (N-methyl/N-ethyl adjacent to an activating group) is 2. The zero-order chi connectivity index (χ0) is 40.1. The van der Waals surface area contributed by atoms with E-state index in [9.17, 15) is 39.4 Å². The molecule has 2 aromatic carbocycles. The molecule has 2 aliphatic rings. The van der Waals surface area contributed by atoms with E-state index >= 15 is 0 Å². The Morgan fingerprint density at radius 1 is 0.618 bits per heavy atom. The average Bonchev–Trinajstić information content (AvgIpc) is 3.18. The van der Waals surface area contributed by atoms with Gasteiger partial charge in [0.05, 0.1) is 32.7 Å². The van der Waals surface area contributed by atoms with Crippen LogP contribution in [-0.2, 0) is 19.2 Å². The van der Waals surface area contributed by atoms with Crippen molar-refractivity contribution >= 4 is 58.9 Å². The lowest BCUT2D eigenvalue weighted by molar-refractivity contribution is -0.388. The van der Waals surface area contributed by atoms with Gasteiger partial charge < -0.3 is 19.6 Å². The molecule has 2 heterocycles. The van der Waals surface area contributed by atoms with Gasteiger partial charge in [0.15, 0.2) is 0 Å². The molecule has 0 unspecified atom stereocenters. The van der Waals surface area contributed by atoms with Gasteiger partial charge in [-0.25, -0.2) is 0 Å². The lowest BCUT2D eigenvalue weighted by atomic mass is 10.1. The molecule has 17 heteroatoms. The first-order valence-electron chi connectivity index (χ1n) is 18.6. The van der Waals surface area contributed by atoms with E-state index < -0.39 is 9.85 Å². The third kappa shape index (κ3) is 11.9. The average molecular weight is 779 g/mol. The number of carbonyl (C=O) groups excluding carboxylic acids is 4. The highest BCUT2D eigenvalue weighted by atomic mass is 32.2. The Morgan fingerprint density at radius 3 is 1.27 bits per heavy atom. The molecular weight excluding hydrogens is 729 g/mol. The predicted octanol–water partition coefficient (Wildman–Crippen LogP) is 3.71. The molecule has 0 radical (unpaired) electrons. The molecule has 0 spiro atoms. The number of benzene rings is 2. The van der Waals surface area contributed by atoms with Crippen LogP contribution in [0.15, 0.2) is 58.3 Å². The highest BCUT2D eigenvalue weighted by Gasteiger charge is 2.25. The van der Waals surface area contributed by atoms with E-state index in [4.69, 9.17) is 0 Å². The molecule has 4 rings (SSSR count). The van der Waals surface area contributed by atoms with E-state index in [1.54, 1.807) is 31.7 Å². The number of amides is 4. The second kappa shape index (κ2) is 20.5. The van der Waals surface area contributed by atoms with Crippen LogP contribution in [0.3, 0.4) is 0 Å². The van der Waals surface area contributed by atoms with Crippen LogP contribution in [0.5, 0.6) is 0 Å². The van der Waals surface area contributed by atoms with Crippen molar-refractivity contribution in [3.05, 3.63) is 79.9 Å². The minimum Gasteiger partial charge on any atom is -0.342 e. The molecular formula is C38H50N8O8S. The number of carbonyl (C=O) groups is 4. The van der Waals surface area contributed by atoms with Crippen LogP contribution in [0, 0.1) is 20.2 Å². The molecule has 0 atom stereocenters. The quantitative estimate of drug-likeness (QED) is 0.138. The second-order valence-corrected chi connectivity index (χ2v) is 14.2. The van der Waals surface area contributed by atoms with Crippen LogP contribution in [0.25, 0.3) is 12.2 Å². The SMILES string of the molecule is CCN(CC)C(=O)CN1CCN(C(=O)/C=C/c2ccc(Sc3ccc(/C=C/C(=O)N4CCN(CC(=O)N(CC)CC)CC4)cc3[N+](=O)[O-])c([N+](=O)[O-])c2)CC1. The van der Waals surface area contributed by atoms with Crippen LogP contribution in [0.2, 0.25) is 0 Å². The van der Waals surface area contributed by atoms with Crippen molar-refractivity contribution in [3.8, 4) is 0 Å². The van der Waals surface area contributed by atoms with Crippen molar-refractivity contribution < 1.29 is 29.0 Å². The zero-order valence-corrected chi connectivity index (χ0v) is 32.7. The standard InChI is InChI=1S/C38H50N8O8S/c1-5-41(6-2)37(49)27-39-17-21-43(22-18-39)35(47)15-11-29-9-13-33(31(25-29)45(51)52)55-34-14-10-30(26-32(34)46(53)54)12-16-36(48)44-23-19-40(20-24-44)28-38(50)42(7-3)8-4/h9-16,25-26H,5-8,17-24,27-28H2,1-4H3/b15-11+,16-12+. The third-order valence-corrected chi connectivity index (χ3v) is 10.9. The predicted molar refractivity (Wildman–Crippen MR) is 210 cm³/mol. The fraction of sp³-hybridized carbons (Fsp3) is 0.474. The number of nitrogens with zero attached hydrogens (tertiary/aromatic N) is 8. The molecule has 16 nitrogen and oxygen atoms in total. The molecule has 0 aliphatic carbocycles. The maximum absolute atomic E-state index is 12.9. The molecule has 2 fully saturated rings. The van der Waals surface area contributed by atoms with Crippen molar-refractivity contribution in [1.29, 1.82) is 0 Å². The number of rotatable bonds is 16. The monoisotopic (exact) mass is 778 g/mol. The maximum atomic E-state index is 12.9. The number of hydrogen-bond donors (Lipinski definition) is 0. The van der Waals surface area contributed by atoms with Gasteiger partial charge in [-0.2, -0.15) is 0 Å². The maximum Gasteiger partial charge on any atom is 0.283 e. The van der Waals surface area contributed by atoms with E-state index in [2.05, 4.69) is 0 Å². The zero-order valence-electron chi connectivity index (χ0n) is 31.9. The van der Waals surface area contributed by atoms with Gasteiger partial charge in [0.1, 0.15) is 0 Å². The van der Waals surface area contributed by atoms with Crippen molar-refractivity contribution in [2.75, 3.05) is 91.6 Å². The largest absolute Gasteiger partial charge is 0.342 e. The van der Waals surface area contributed by atoms with Gasteiger partial charge in [0.2, 0.25) is 23.6 Å². The van der Waals surface area contributed by atoms with E-state index in [0.717, 1.165) is 11.8 Å². The summed E-state index contributed by atoms with van der Waals surface area (Å²) in [6, 6.07) is 8.84. The van der Waals surface area contributed by atoms with Crippen molar-refractivity contribution in [1.82, 2.24) is 29.4 Å². The lowest BCUT2D eigenvalue weighted by Crippen LogP contribution is -2.51. The van der Waals surface area contributed by atoms with Crippen LogP contribution in [0.4, 0.5) is 11.4 Å². The Morgan fingerprint density at radius 2 is 0.964 bits per heavy atom. The normalized spacial score (nSPS) is 15.4. The summed E-state index contributed by atoms with van der Waals surface area (Å²) < 4.78 is 0. The summed E-state index contributed by atoms with van der Waals surface area (Å²) >= 11 is 0.881. The first-order valence-corrected chi connectivity index (χ1v) is 19.4. The Kier molecular flexibility index (Phi) is 15.9. The van der Waals surface area contributed by atoms with Gasteiger partial charge in [-0.3, -0.25) is 49.2 Å². The molecule has 0 bridgehead atoms. The Hall–Kier alpha value is -5.13. The molecule has 4 amide bonds.